The van der Waals surface area contributed by atoms with Crippen LogP contribution in [0.15, 0.2) is 59.5 Å². The van der Waals surface area contributed by atoms with Crippen LogP contribution in [0.5, 0.6) is 0 Å². The number of sulfonamides is 1. The van der Waals surface area contributed by atoms with E-state index in [-0.39, 0.29) is 23.4 Å². The van der Waals surface area contributed by atoms with Gasteiger partial charge >= 0.3 is 0 Å². The maximum atomic E-state index is 12.8. The van der Waals surface area contributed by atoms with Gasteiger partial charge < -0.3 is 10.0 Å². The van der Waals surface area contributed by atoms with E-state index in [9.17, 15) is 18.3 Å². The van der Waals surface area contributed by atoms with Crippen LogP contribution in [-0.2, 0) is 16.6 Å². The minimum absolute atomic E-state index is 0.132. The van der Waals surface area contributed by atoms with E-state index < -0.39 is 16.1 Å². The first-order valence-electron chi connectivity index (χ1n) is 9.86. The first-order valence-corrected chi connectivity index (χ1v) is 11.3. The zero-order valence-corrected chi connectivity index (χ0v) is 17.7. The molecule has 1 aliphatic carbocycles. The van der Waals surface area contributed by atoms with Crippen molar-refractivity contribution in [2.24, 2.45) is 0 Å². The zero-order valence-electron chi connectivity index (χ0n) is 16.9. The number of hydrogen-bond donors (Lipinski definition) is 1. The summed E-state index contributed by atoms with van der Waals surface area (Å²) >= 11 is 0. The Bertz CT molecular complexity index is 929. The van der Waals surface area contributed by atoms with Gasteiger partial charge in [-0.3, -0.25) is 4.79 Å². The molecule has 7 heteroatoms. The molecule has 1 N–H and O–H groups in total. The summed E-state index contributed by atoms with van der Waals surface area (Å²) in [5.74, 6) is -0.132. The molecule has 0 bridgehead atoms. The highest BCUT2D eigenvalue weighted by atomic mass is 32.2. The van der Waals surface area contributed by atoms with E-state index in [1.165, 1.54) is 4.31 Å². The average Bonchev–Trinajstić information content (AvgIpc) is 2.74. The van der Waals surface area contributed by atoms with Crippen molar-refractivity contribution in [1.82, 2.24) is 9.21 Å². The predicted octanol–water partition coefficient (Wildman–Crippen LogP) is 2.88. The smallest absolute Gasteiger partial charge is 0.253 e. The lowest BCUT2D eigenvalue weighted by Gasteiger charge is -2.35. The van der Waals surface area contributed by atoms with E-state index >= 15 is 0 Å². The van der Waals surface area contributed by atoms with Crippen molar-refractivity contribution in [1.29, 1.82) is 0 Å². The first kappa shape index (κ1) is 21.5. The minimum atomic E-state index is -3.57. The molecule has 3 rings (SSSR count). The number of carbonyl (C=O) groups is 1. The molecule has 1 aliphatic rings. The van der Waals surface area contributed by atoms with Gasteiger partial charge in [0.1, 0.15) is 0 Å². The lowest BCUT2D eigenvalue weighted by atomic mass is 9.91. The number of aliphatic hydroxyl groups is 1. The van der Waals surface area contributed by atoms with Gasteiger partial charge in [0.25, 0.3) is 5.91 Å². The van der Waals surface area contributed by atoms with Crippen molar-refractivity contribution >= 4 is 15.9 Å². The Kier molecular flexibility index (Phi) is 6.72. The van der Waals surface area contributed by atoms with Crippen LogP contribution in [0, 0.1) is 0 Å². The van der Waals surface area contributed by atoms with Crippen LogP contribution >= 0.6 is 0 Å². The molecule has 1 fully saturated rings. The Morgan fingerprint density at radius 3 is 2.24 bits per heavy atom. The molecule has 2 aromatic carbocycles. The van der Waals surface area contributed by atoms with Crippen molar-refractivity contribution in [3.05, 3.63) is 65.7 Å². The topological polar surface area (TPSA) is 77.9 Å². The van der Waals surface area contributed by atoms with E-state index in [4.69, 9.17) is 0 Å². The number of aliphatic hydroxyl groups excluding tert-OH is 1. The third-order valence-electron chi connectivity index (χ3n) is 5.57. The quantitative estimate of drug-likeness (QED) is 0.785. The maximum absolute atomic E-state index is 12.8. The minimum Gasteiger partial charge on any atom is -0.391 e. The highest BCUT2D eigenvalue weighted by Crippen LogP contribution is 2.24. The Morgan fingerprint density at radius 1 is 1.00 bits per heavy atom. The van der Waals surface area contributed by atoms with Crippen LogP contribution in [0.1, 0.15) is 41.6 Å². The van der Waals surface area contributed by atoms with E-state index in [2.05, 4.69) is 0 Å². The van der Waals surface area contributed by atoms with E-state index in [0.29, 0.717) is 5.56 Å². The van der Waals surface area contributed by atoms with Gasteiger partial charge in [-0.2, -0.15) is 4.31 Å². The van der Waals surface area contributed by atoms with Crippen molar-refractivity contribution in [2.75, 3.05) is 14.1 Å². The molecule has 1 saturated carbocycles. The fourth-order valence-corrected chi connectivity index (χ4v) is 4.94. The highest BCUT2D eigenvalue weighted by molar-refractivity contribution is 7.89. The molecule has 0 heterocycles. The standard InChI is InChI=1S/C22H28N2O4S/c1-23(29(27,28)19-8-4-3-5-9-19)16-17-12-14-18(15-13-17)22(26)24(2)20-10-6-7-11-21(20)25/h3-5,8-9,12-15,20-21,25H,6-7,10-11,16H2,1-2H3/t20-,21-/m0/s1. The van der Waals surface area contributed by atoms with Gasteiger partial charge in [0.05, 0.1) is 17.0 Å². The van der Waals surface area contributed by atoms with E-state index in [1.54, 1.807) is 73.6 Å². The summed E-state index contributed by atoms with van der Waals surface area (Å²) in [6.45, 7) is 0.211. The maximum Gasteiger partial charge on any atom is 0.253 e. The molecule has 0 aliphatic heterocycles. The molecule has 2 aromatic rings. The van der Waals surface area contributed by atoms with Crippen LogP contribution < -0.4 is 0 Å². The first-order chi connectivity index (χ1) is 13.8. The van der Waals surface area contributed by atoms with Gasteiger partial charge in [-0.25, -0.2) is 8.42 Å². The molecule has 0 aromatic heterocycles. The van der Waals surface area contributed by atoms with Crippen LogP contribution in [0.2, 0.25) is 0 Å². The molecule has 0 saturated heterocycles. The SMILES string of the molecule is CN(C(=O)c1ccc(CN(C)S(=O)(=O)c2ccccc2)cc1)[C@H]1CCCC[C@@H]1O. The number of likely N-dealkylation sites (N-methyl/N-ethyl adjacent to an activating group) is 1. The van der Waals surface area contributed by atoms with Crippen LogP contribution in [0.3, 0.4) is 0 Å². The number of amides is 1. The summed E-state index contributed by atoms with van der Waals surface area (Å²) in [5, 5.41) is 10.2. The monoisotopic (exact) mass is 416 g/mol. The zero-order chi connectivity index (χ0) is 21.0. The summed E-state index contributed by atoms with van der Waals surface area (Å²) in [6.07, 6.45) is 3.07. The van der Waals surface area contributed by atoms with Crippen molar-refractivity contribution in [3.8, 4) is 0 Å². The number of benzene rings is 2. The van der Waals surface area contributed by atoms with Gasteiger partial charge in [0.15, 0.2) is 0 Å². The molecule has 0 radical (unpaired) electrons. The second-order valence-corrected chi connectivity index (χ2v) is 9.65. The van der Waals surface area contributed by atoms with Crippen molar-refractivity contribution in [2.45, 2.75) is 49.3 Å². The Labute approximate surface area is 172 Å². The lowest BCUT2D eigenvalue weighted by Crippen LogP contribution is -2.46. The predicted molar refractivity (Wildman–Crippen MR) is 112 cm³/mol. The third kappa shape index (κ3) is 4.86. The normalized spacial score (nSPS) is 19.9. The Hall–Kier alpha value is -2.22. The van der Waals surface area contributed by atoms with E-state index in [1.807, 2.05) is 0 Å². The number of carbonyl (C=O) groups excluding carboxylic acids is 1. The highest BCUT2D eigenvalue weighted by Gasteiger charge is 2.29. The van der Waals surface area contributed by atoms with Crippen molar-refractivity contribution in [3.63, 3.8) is 0 Å². The third-order valence-corrected chi connectivity index (χ3v) is 7.39. The second-order valence-electron chi connectivity index (χ2n) is 7.61. The molecule has 1 amide bonds. The van der Waals surface area contributed by atoms with Crippen molar-refractivity contribution < 1.29 is 18.3 Å². The van der Waals surface area contributed by atoms with Gasteiger partial charge in [-0.15, -0.1) is 0 Å². The summed E-state index contributed by atoms with van der Waals surface area (Å²) < 4.78 is 26.6. The van der Waals surface area contributed by atoms with Crippen LogP contribution in [0.4, 0.5) is 0 Å². The molecule has 0 unspecified atom stereocenters. The summed E-state index contributed by atoms with van der Waals surface area (Å²) in [5.41, 5.74) is 1.33. The lowest BCUT2D eigenvalue weighted by molar-refractivity contribution is 0.0268. The molecule has 29 heavy (non-hydrogen) atoms. The van der Waals surface area contributed by atoms with Gasteiger partial charge in [0, 0.05) is 26.2 Å². The Balaban J connectivity index is 1.67. The molecule has 156 valence electrons. The van der Waals surface area contributed by atoms with Gasteiger partial charge in [0.2, 0.25) is 10.0 Å². The average molecular weight is 417 g/mol. The summed E-state index contributed by atoms with van der Waals surface area (Å²) in [6, 6.07) is 15.1. The molecule has 0 spiro atoms. The van der Waals surface area contributed by atoms with Crippen LogP contribution in [-0.4, -0.2) is 54.9 Å². The Morgan fingerprint density at radius 2 is 1.62 bits per heavy atom. The largest absolute Gasteiger partial charge is 0.391 e. The fourth-order valence-electron chi connectivity index (χ4n) is 3.76. The van der Waals surface area contributed by atoms with Crippen LogP contribution in [0.25, 0.3) is 0 Å². The van der Waals surface area contributed by atoms with Gasteiger partial charge in [-0.1, -0.05) is 43.2 Å². The van der Waals surface area contributed by atoms with E-state index in [0.717, 1.165) is 31.2 Å². The summed E-state index contributed by atoms with van der Waals surface area (Å²) in [7, 11) is -0.294. The van der Waals surface area contributed by atoms with Gasteiger partial charge in [-0.05, 0) is 42.7 Å². The molecular weight excluding hydrogens is 388 g/mol. The molecule has 6 nitrogen and oxygen atoms in total. The molecule has 2 atom stereocenters. The molecular formula is C22H28N2O4S. The number of hydrogen-bond acceptors (Lipinski definition) is 4. The second kappa shape index (κ2) is 9.07. The summed E-state index contributed by atoms with van der Waals surface area (Å²) in [4.78, 5) is 14.7. The number of nitrogens with zero attached hydrogens (tertiary/aromatic N) is 2. The number of rotatable bonds is 6. The fraction of sp³-hybridized carbons (Fsp3) is 0.409.